The number of carbonyl (C=O) groups excluding carboxylic acids is 1. The highest BCUT2D eigenvalue weighted by Crippen LogP contribution is 2.30. The largest absolute Gasteiger partial charge is 0.394 e. The Morgan fingerprint density at radius 3 is 1.26 bits per heavy atom. The molecule has 12 atom stereocenters. The lowest BCUT2D eigenvalue weighted by molar-refractivity contribution is -0.359. The van der Waals surface area contributed by atoms with Crippen LogP contribution < -0.4 is 5.32 Å². The highest BCUT2D eigenvalue weighted by atomic mass is 16.7. The molecule has 0 radical (unpaired) electrons. The van der Waals surface area contributed by atoms with Crippen molar-refractivity contribution in [2.24, 2.45) is 0 Å². The topological polar surface area (TPSA) is 228 Å². The molecule has 9 N–H and O–H groups in total. The smallest absolute Gasteiger partial charge is 0.220 e. The minimum absolute atomic E-state index is 0.248. The summed E-state index contributed by atoms with van der Waals surface area (Å²) in [5, 5.41) is 86.9. The number of ether oxygens (including phenoxy) is 4. The van der Waals surface area contributed by atoms with Crippen molar-refractivity contribution in [3.63, 3.8) is 0 Å². The van der Waals surface area contributed by atoms with E-state index < -0.39 is 86.8 Å². The van der Waals surface area contributed by atoms with Gasteiger partial charge in [-0.3, -0.25) is 4.79 Å². The molecule has 2 aliphatic heterocycles. The van der Waals surface area contributed by atoms with Gasteiger partial charge in [-0.1, -0.05) is 274 Å². The second-order valence-electron chi connectivity index (χ2n) is 24.6. The number of nitrogens with one attached hydrogen (secondary N) is 1. The Bertz CT molecular complexity index is 1590. The number of allylic oxidation sites excluding steroid dienone is 7. The summed E-state index contributed by atoms with van der Waals surface area (Å²) in [4.78, 5) is 13.2. The lowest BCUT2D eigenvalue weighted by Crippen LogP contribution is -2.65. The maximum atomic E-state index is 13.2. The lowest BCUT2D eigenvalue weighted by Gasteiger charge is -2.46. The van der Waals surface area contributed by atoms with Crippen LogP contribution in [-0.4, -0.2) is 140 Å². The number of rotatable bonds is 57. The number of hydrogen-bond acceptors (Lipinski definition) is 13. The first kappa shape index (κ1) is 78.0. The van der Waals surface area contributed by atoms with Gasteiger partial charge in [-0.15, -0.1) is 0 Å². The molecule has 84 heavy (non-hydrogen) atoms. The SMILES string of the molecule is CCCCC/C=C/CC/C=C/C(O)C(COC1OC(CO)C(OC2OC(CO)C(O)C(O)C2O)C(O)C1O)NC(=O)CCCCCCCCCCCCCCCCCCCCCCCCCCCCCCC/C=C\C/C=C\CCCCCCC. The van der Waals surface area contributed by atoms with Crippen LogP contribution in [0.5, 0.6) is 0 Å². The lowest BCUT2D eigenvalue weighted by atomic mass is 9.97. The molecule has 0 aromatic heterocycles. The molecule has 14 heteroatoms. The molecule has 0 aliphatic carbocycles. The number of unbranched alkanes of at least 4 members (excludes halogenated alkanes) is 38. The number of aliphatic hydroxyl groups is 8. The molecule has 2 heterocycles. The summed E-state index contributed by atoms with van der Waals surface area (Å²) in [6, 6.07) is -0.928. The maximum Gasteiger partial charge on any atom is 0.220 e. The Morgan fingerprint density at radius 1 is 0.429 bits per heavy atom. The van der Waals surface area contributed by atoms with Crippen LogP contribution in [0, 0.1) is 0 Å². The molecular weight excluding hydrogens is 1060 g/mol. The normalized spacial score (nSPS) is 23.9. The van der Waals surface area contributed by atoms with Crippen LogP contribution in [0.15, 0.2) is 48.6 Å². The summed E-state index contributed by atoms with van der Waals surface area (Å²) >= 11 is 0. The van der Waals surface area contributed by atoms with Crippen LogP contribution in [0.2, 0.25) is 0 Å². The molecule has 0 bridgehead atoms. The predicted molar refractivity (Wildman–Crippen MR) is 341 cm³/mol. The molecular formula is C70H129NO13. The van der Waals surface area contributed by atoms with Gasteiger partial charge in [0.25, 0.3) is 0 Å². The molecule has 0 aromatic rings. The van der Waals surface area contributed by atoms with Crippen molar-refractivity contribution in [3.05, 3.63) is 48.6 Å². The van der Waals surface area contributed by atoms with Gasteiger partial charge in [-0.25, -0.2) is 0 Å². The van der Waals surface area contributed by atoms with Crippen LogP contribution in [-0.2, 0) is 23.7 Å². The van der Waals surface area contributed by atoms with Gasteiger partial charge < -0.3 is 65.1 Å². The molecule has 1 amide bonds. The first-order chi connectivity index (χ1) is 41.1. The molecule has 2 fully saturated rings. The minimum Gasteiger partial charge on any atom is -0.394 e. The monoisotopic (exact) mass is 1190 g/mol. The zero-order chi connectivity index (χ0) is 60.9. The Balaban J connectivity index is 1.49. The van der Waals surface area contributed by atoms with E-state index in [0.29, 0.717) is 12.8 Å². The van der Waals surface area contributed by atoms with Gasteiger partial charge in [0, 0.05) is 6.42 Å². The molecule has 492 valence electrons. The van der Waals surface area contributed by atoms with Crippen LogP contribution >= 0.6 is 0 Å². The quantitative estimate of drug-likeness (QED) is 0.0204. The second kappa shape index (κ2) is 55.1. The van der Waals surface area contributed by atoms with Gasteiger partial charge in [0.1, 0.15) is 48.8 Å². The molecule has 2 rings (SSSR count). The van der Waals surface area contributed by atoms with Gasteiger partial charge >= 0.3 is 0 Å². The van der Waals surface area contributed by atoms with E-state index in [1.807, 2.05) is 6.08 Å². The summed E-state index contributed by atoms with van der Waals surface area (Å²) < 4.78 is 22.7. The van der Waals surface area contributed by atoms with Crippen molar-refractivity contribution < 1.29 is 64.6 Å². The van der Waals surface area contributed by atoms with Crippen LogP contribution in [0.4, 0.5) is 0 Å². The Kier molecular flexibility index (Phi) is 51.1. The van der Waals surface area contributed by atoms with E-state index in [1.165, 1.54) is 218 Å². The molecule has 2 aliphatic rings. The van der Waals surface area contributed by atoms with Gasteiger partial charge in [0.15, 0.2) is 12.6 Å². The third kappa shape index (κ3) is 39.1. The molecule has 0 saturated carbocycles. The predicted octanol–water partition coefficient (Wildman–Crippen LogP) is 13.9. The standard InChI is InChI=1S/C70H129NO13/c1-3-5-7-9-11-13-14-15-16-17-18-19-20-21-22-23-24-25-26-27-28-29-30-31-32-33-34-35-36-37-38-39-40-41-42-43-44-46-48-50-52-54-62(75)71-58(59(74)53-51-49-47-45-12-10-8-6-4-2)57-81-69-67(80)65(78)68(61(56-73)83-69)84-70-66(79)64(77)63(76)60(55-72)82-70/h12,14-15,17-18,45,51,53,58-61,63-70,72-74,76-80H,3-11,13,16,19-44,46-50,52,54-57H2,1-2H3,(H,71,75)/b15-14-,18-17-,45-12+,53-51+. The van der Waals surface area contributed by atoms with Gasteiger partial charge in [0.2, 0.25) is 5.91 Å². The number of carbonyl (C=O) groups is 1. The molecule has 0 spiro atoms. The summed E-state index contributed by atoms with van der Waals surface area (Å²) in [5.74, 6) is -0.248. The fourth-order valence-electron chi connectivity index (χ4n) is 11.4. The van der Waals surface area contributed by atoms with E-state index in [1.54, 1.807) is 6.08 Å². The van der Waals surface area contributed by atoms with Gasteiger partial charge in [-0.2, -0.15) is 0 Å². The zero-order valence-electron chi connectivity index (χ0n) is 53.4. The van der Waals surface area contributed by atoms with Crippen LogP contribution in [0.25, 0.3) is 0 Å². The van der Waals surface area contributed by atoms with E-state index in [9.17, 15) is 45.6 Å². The van der Waals surface area contributed by atoms with Crippen LogP contribution in [0.1, 0.15) is 296 Å². The van der Waals surface area contributed by atoms with E-state index >= 15 is 0 Å². The molecule has 12 unspecified atom stereocenters. The minimum atomic E-state index is -1.79. The first-order valence-electron chi connectivity index (χ1n) is 34.9. The third-order valence-electron chi connectivity index (χ3n) is 17.0. The van der Waals surface area contributed by atoms with E-state index in [4.69, 9.17) is 18.9 Å². The Hall–Kier alpha value is -2.05. The molecule has 2 saturated heterocycles. The first-order valence-corrected chi connectivity index (χ1v) is 34.9. The fraction of sp³-hybridized carbons (Fsp3) is 0.871. The van der Waals surface area contributed by atoms with Crippen molar-refractivity contribution in [3.8, 4) is 0 Å². The van der Waals surface area contributed by atoms with Gasteiger partial charge in [0.05, 0.1) is 32.0 Å². The van der Waals surface area contributed by atoms with Crippen molar-refractivity contribution in [2.45, 2.75) is 370 Å². The van der Waals surface area contributed by atoms with E-state index in [0.717, 1.165) is 44.9 Å². The average Bonchev–Trinajstić information content (AvgIpc) is 2.95. The summed E-state index contributed by atoms with van der Waals surface area (Å²) in [6.07, 6.45) is 55.3. The van der Waals surface area contributed by atoms with Crippen molar-refractivity contribution in [2.75, 3.05) is 19.8 Å². The highest BCUT2D eigenvalue weighted by molar-refractivity contribution is 5.76. The third-order valence-corrected chi connectivity index (χ3v) is 17.0. The highest BCUT2D eigenvalue weighted by Gasteiger charge is 2.51. The van der Waals surface area contributed by atoms with E-state index in [2.05, 4.69) is 55.6 Å². The molecule has 0 aromatic carbocycles. The average molecular weight is 1190 g/mol. The summed E-state index contributed by atoms with van der Waals surface area (Å²) in [5.41, 5.74) is 0. The van der Waals surface area contributed by atoms with E-state index in [-0.39, 0.29) is 18.9 Å². The Morgan fingerprint density at radius 2 is 0.798 bits per heavy atom. The zero-order valence-corrected chi connectivity index (χ0v) is 53.4. The van der Waals surface area contributed by atoms with Crippen LogP contribution in [0.3, 0.4) is 0 Å². The number of amides is 1. The van der Waals surface area contributed by atoms with Crippen molar-refractivity contribution >= 4 is 5.91 Å². The van der Waals surface area contributed by atoms with Crippen molar-refractivity contribution in [1.29, 1.82) is 0 Å². The number of hydrogen-bond donors (Lipinski definition) is 9. The summed E-state index contributed by atoms with van der Waals surface area (Å²) in [7, 11) is 0. The molecule has 14 nitrogen and oxygen atoms in total. The number of aliphatic hydroxyl groups excluding tert-OH is 8. The second-order valence-corrected chi connectivity index (χ2v) is 24.6. The fourth-order valence-corrected chi connectivity index (χ4v) is 11.4. The van der Waals surface area contributed by atoms with Gasteiger partial charge in [-0.05, 0) is 64.2 Å². The van der Waals surface area contributed by atoms with Crippen molar-refractivity contribution in [1.82, 2.24) is 5.32 Å². The maximum absolute atomic E-state index is 13.2. The summed E-state index contributed by atoms with van der Waals surface area (Å²) in [6.45, 7) is 2.72. The Labute approximate surface area is 512 Å².